The van der Waals surface area contributed by atoms with E-state index in [-0.39, 0.29) is 19.1 Å². The van der Waals surface area contributed by atoms with Crippen molar-refractivity contribution in [2.75, 3.05) is 20.3 Å². The lowest BCUT2D eigenvalue weighted by atomic mass is 9.84. The van der Waals surface area contributed by atoms with E-state index in [4.69, 9.17) is 9.84 Å². The van der Waals surface area contributed by atoms with Crippen LogP contribution >= 0.6 is 0 Å². The minimum Gasteiger partial charge on any atom is -0.496 e. The molecule has 0 aliphatic carbocycles. The number of para-hydroxylation sites is 1. The Bertz CT molecular complexity index is 402. The van der Waals surface area contributed by atoms with Crippen LogP contribution < -0.4 is 10.1 Å². The highest BCUT2D eigenvalue weighted by Crippen LogP contribution is 2.27. The van der Waals surface area contributed by atoms with Gasteiger partial charge in [0, 0.05) is 12.0 Å². The van der Waals surface area contributed by atoms with Crippen LogP contribution in [0, 0.1) is 5.41 Å². The van der Waals surface area contributed by atoms with Gasteiger partial charge in [-0.3, -0.25) is 4.79 Å². The third-order valence-electron chi connectivity index (χ3n) is 2.84. The third-order valence-corrected chi connectivity index (χ3v) is 2.84. The molecule has 0 aromatic heterocycles. The molecule has 18 heavy (non-hydrogen) atoms. The second-order valence-electron chi connectivity index (χ2n) is 4.85. The lowest BCUT2D eigenvalue weighted by Gasteiger charge is -2.24. The highest BCUT2D eigenvalue weighted by atomic mass is 16.5. The van der Waals surface area contributed by atoms with E-state index >= 15 is 0 Å². The number of carbonyl (C=O) groups excluding carboxylic acids is 1. The molecule has 4 nitrogen and oxygen atoms in total. The van der Waals surface area contributed by atoms with Gasteiger partial charge in [-0.2, -0.15) is 0 Å². The van der Waals surface area contributed by atoms with Crippen molar-refractivity contribution in [2.45, 2.75) is 20.3 Å². The van der Waals surface area contributed by atoms with Crippen molar-refractivity contribution in [3.05, 3.63) is 29.8 Å². The first-order chi connectivity index (χ1) is 8.51. The molecule has 0 heterocycles. The number of hydrogen-bond acceptors (Lipinski definition) is 3. The quantitative estimate of drug-likeness (QED) is 0.803. The SMILES string of the molecule is COc1ccccc1CC(C)(C)C(=O)NCCO. The van der Waals surface area contributed by atoms with Crippen LogP contribution in [0.2, 0.25) is 0 Å². The lowest BCUT2D eigenvalue weighted by molar-refractivity contribution is -0.129. The van der Waals surface area contributed by atoms with Crippen molar-refractivity contribution in [1.29, 1.82) is 0 Å². The van der Waals surface area contributed by atoms with Crippen molar-refractivity contribution < 1.29 is 14.6 Å². The summed E-state index contributed by atoms with van der Waals surface area (Å²) in [6, 6.07) is 7.68. The Morgan fingerprint density at radius 2 is 2.06 bits per heavy atom. The molecule has 1 aromatic rings. The second-order valence-corrected chi connectivity index (χ2v) is 4.85. The molecule has 0 spiro atoms. The summed E-state index contributed by atoms with van der Waals surface area (Å²) in [5.74, 6) is 0.725. The van der Waals surface area contributed by atoms with E-state index in [1.54, 1.807) is 7.11 Å². The Kier molecular flexibility index (Phi) is 5.16. The summed E-state index contributed by atoms with van der Waals surface area (Å²) in [7, 11) is 1.62. The summed E-state index contributed by atoms with van der Waals surface area (Å²) < 4.78 is 5.28. The Morgan fingerprint density at radius 3 is 2.67 bits per heavy atom. The summed E-state index contributed by atoms with van der Waals surface area (Å²) >= 11 is 0. The van der Waals surface area contributed by atoms with Crippen LogP contribution in [-0.4, -0.2) is 31.3 Å². The fourth-order valence-corrected chi connectivity index (χ4v) is 1.81. The molecule has 4 heteroatoms. The molecule has 2 N–H and O–H groups in total. The van der Waals surface area contributed by atoms with Gasteiger partial charge in [-0.25, -0.2) is 0 Å². The molecular formula is C14H21NO3. The zero-order valence-electron chi connectivity index (χ0n) is 11.2. The number of ether oxygens (including phenoxy) is 1. The highest BCUT2D eigenvalue weighted by molar-refractivity contribution is 5.82. The summed E-state index contributed by atoms with van der Waals surface area (Å²) in [4.78, 5) is 12.0. The number of benzene rings is 1. The second kappa shape index (κ2) is 6.40. The molecule has 0 aliphatic rings. The smallest absolute Gasteiger partial charge is 0.226 e. The normalized spacial score (nSPS) is 11.1. The number of aliphatic hydroxyl groups excluding tert-OH is 1. The topological polar surface area (TPSA) is 58.6 Å². The molecule has 100 valence electrons. The van der Waals surface area contributed by atoms with Gasteiger partial charge in [-0.1, -0.05) is 32.0 Å². The number of nitrogens with one attached hydrogen (secondary N) is 1. The molecule has 0 fully saturated rings. The van der Waals surface area contributed by atoms with Gasteiger partial charge in [-0.15, -0.1) is 0 Å². The molecular weight excluding hydrogens is 230 g/mol. The molecule has 0 saturated carbocycles. The van der Waals surface area contributed by atoms with E-state index in [0.717, 1.165) is 11.3 Å². The van der Waals surface area contributed by atoms with Gasteiger partial charge < -0.3 is 15.2 Å². The summed E-state index contributed by atoms with van der Waals surface area (Å²) in [6.07, 6.45) is 0.592. The van der Waals surface area contributed by atoms with Gasteiger partial charge in [0.05, 0.1) is 13.7 Å². The monoisotopic (exact) mass is 251 g/mol. The van der Waals surface area contributed by atoms with Crippen LogP contribution in [0.3, 0.4) is 0 Å². The van der Waals surface area contributed by atoms with Gasteiger partial charge in [0.15, 0.2) is 0 Å². The first-order valence-corrected chi connectivity index (χ1v) is 6.02. The number of rotatable bonds is 6. The van der Waals surface area contributed by atoms with Crippen molar-refractivity contribution in [3.8, 4) is 5.75 Å². The van der Waals surface area contributed by atoms with Gasteiger partial charge in [0.25, 0.3) is 0 Å². The van der Waals surface area contributed by atoms with E-state index in [9.17, 15) is 4.79 Å². The van der Waals surface area contributed by atoms with Crippen molar-refractivity contribution in [1.82, 2.24) is 5.32 Å². The lowest BCUT2D eigenvalue weighted by Crippen LogP contribution is -2.39. The maximum Gasteiger partial charge on any atom is 0.226 e. The maximum absolute atomic E-state index is 12.0. The summed E-state index contributed by atoms with van der Waals surface area (Å²) in [6.45, 7) is 4.00. The fourth-order valence-electron chi connectivity index (χ4n) is 1.81. The van der Waals surface area contributed by atoms with Gasteiger partial charge >= 0.3 is 0 Å². The molecule has 0 saturated heterocycles. The van der Waals surface area contributed by atoms with Gasteiger partial charge in [-0.05, 0) is 18.1 Å². The largest absolute Gasteiger partial charge is 0.496 e. The number of carbonyl (C=O) groups is 1. The Balaban J connectivity index is 2.78. The zero-order valence-corrected chi connectivity index (χ0v) is 11.2. The number of methoxy groups -OCH3 is 1. The number of hydrogen-bond donors (Lipinski definition) is 2. The average Bonchev–Trinajstić information content (AvgIpc) is 2.36. The first-order valence-electron chi connectivity index (χ1n) is 6.02. The van der Waals surface area contributed by atoms with E-state index in [2.05, 4.69) is 5.32 Å². The molecule has 0 atom stereocenters. The van der Waals surface area contributed by atoms with Crippen LogP contribution in [0.5, 0.6) is 5.75 Å². The highest BCUT2D eigenvalue weighted by Gasteiger charge is 2.28. The molecule has 0 radical (unpaired) electrons. The summed E-state index contributed by atoms with van der Waals surface area (Å²) in [5.41, 5.74) is 0.466. The minimum absolute atomic E-state index is 0.0452. The van der Waals surface area contributed by atoms with E-state index in [1.807, 2.05) is 38.1 Å². The van der Waals surface area contributed by atoms with Crippen LogP contribution in [-0.2, 0) is 11.2 Å². The van der Waals surface area contributed by atoms with E-state index < -0.39 is 5.41 Å². The minimum atomic E-state index is -0.538. The molecule has 0 bridgehead atoms. The van der Waals surface area contributed by atoms with Gasteiger partial charge in [0.2, 0.25) is 5.91 Å². The standard InChI is InChI=1S/C14H21NO3/c1-14(2,13(17)15-8-9-16)10-11-6-4-5-7-12(11)18-3/h4-7,16H,8-10H2,1-3H3,(H,15,17). The Labute approximate surface area is 108 Å². The Morgan fingerprint density at radius 1 is 1.39 bits per heavy atom. The molecule has 1 rings (SSSR count). The van der Waals surface area contributed by atoms with E-state index in [0.29, 0.717) is 6.42 Å². The third kappa shape index (κ3) is 3.74. The fraction of sp³-hybridized carbons (Fsp3) is 0.500. The zero-order chi connectivity index (χ0) is 13.6. The van der Waals surface area contributed by atoms with Crippen molar-refractivity contribution in [3.63, 3.8) is 0 Å². The molecule has 0 unspecified atom stereocenters. The average molecular weight is 251 g/mol. The maximum atomic E-state index is 12.0. The van der Waals surface area contributed by atoms with Gasteiger partial charge in [0.1, 0.15) is 5.75 Å². The number of aliphatic hydroxyl groups is 1. The van der Waals surface area contributed by atoms with E-state index in [1.165, 1.54) is 0 Å². The predicted octanol–water partition coefficient (Wildman–Crippen LogP) is 1.37. The van der Waals surface area contributed by atoms with Crippen molar-refractivity contribution in [2.24, 2.45) is 5.41 Å². The van der Waals surface area contributed by atoms with Crippen LogP contribution in [0.15, 0.2) is 24.3 Å². The van der Waals surface area contributed by atoms with Crippen LogP contribution in [0.1, 0.15) is 19.4 Å². The van der Waals surface area contributed by atoms with Crippen LogP contribution in [0.4, 0.5) is 0 Å². The predicted molar refractivity (Wildman–Crippen MR) is 70.6 cm³/mol. The first kappa shape index (κ1) is 14.5. The van der Waals surface area contributed by atoms with Crippen LogP contribution in [0.25, 0.3) is 0 Å². The summed E-state index contributed by atoms with van der Waals surface area (Å²) in [5, 5.41) is 11.4. The Hall–Kier alpha value is -1.55. The molecule has 1 aromatic carbocycles. The molecule has 0 aliphatic heterocycles. The van der Waals surface area contributed by atoms with Crippen molar-refractivity contribution >= 4 is 5.91 Å². The molecule has 1 amide bonds. The number of amides is 1.